The zero-order valence-electron chi connectivity index (χ0n) is 7.90. The number of thioether (sulfide) groups is 2. The molecule has 1 rings (SSSR count). The Morgan fingerprint density at radius 3 is 2.79 bits per heavy atom. The normalized spacial score (nSPS) is 10.1. The van der Waals surface area contributed by atoms with E-state index in [2.05, 4.69) is 6.07 Å². The monoisotopic (exact) mass is 228 g/mol. The van der Waals surface area contributed by atoms with Gasteiger partial charge in [-0.25, -0.2) is 0 Å². The van der Waals surface area contributed by atoms with Crippen molar-refractivity contribution in [1.82, 2.24) is 0 Å². The maximum absolute atomic E-state index is 10.3. The molecule has 4 heteroatoms. The molecule has 0 aromatic heterocycles. The van der Waals surface area contributed by atoms with Crippen LogP contribution in [0, 0.1) is 0 Å². The first-order valence-corrected chi connectivity index (χ1v) is 6.42. The highest BCUT2D eigenvalue weighted by Crippen LogP contribution is 2.23. The third kappa shape index (κ3) is 4.07. The van der Waals surface area contributed by atoms with E-state index >= 15 is 0 Å². The maximum atomic E-state index is 10.3. The fourth-order valence-electron chi connectivity index (χ4n) is 0.947. The Bertz CT molecular complexity index is 313. The molecule has 0 radical (unpaired) electrons. The van der Waals surface area contributed by atoms with E-state index in [4.69, 9.17) is 5.11 Å². The molecule has 0 unspecified atom stereocenters. The van der Waals surface area contributed by atoms with Crippen LogP contribution in [0.3, 0.4) is 0 Å². The fourth-order valence-corrected chi connectivity index (χ4v) is 2.38. The zero-order chi connectivity index (χ0) is 10.4. The summed E-state index contributed by atoms with van der Waals surface area (Å²) < 4.78 is 0. The van der Waals surface area contributed by atoms with Crippen molar-refractivity contribution >= 4 is 29.5 Å². The first-order chi connectivity index (χ1) is 6.72. The standard InChI is InChI=1S/C10H12O2S2/c1-13-8-3-2-4-9(7-8)14-6-5-10(11)12/h2-4,7H,5-6H2,1H3,(H,11,12). The summed E-state index contributed by atoms with van der Waals surface area (Å²) in [7, 11) is 0. The van der Waals surface area contributed by atoms with Crippen molar-refractivity contribution in [2.45, 2.75) is 16.2 Å². The lowest BCUT2D eigenvalue weighted by Crippen LogP contribution is -1.95. The molecule has 2 nitrogen and oxygen atoms in total. The van der Waals surface area contributed by atoms with Crippen LogP contribution in [0.15, 0.2) is 34.1 Å². The first kappa shape index (κ1) is 11.5. The molecule has 14 heavy (non-hydrogen) atoms. The van der Waals surface area contributed by atoms with E-state index in [0.29, 0.717) is 5.75 Å². The Morgan fingerprint density at radius 2 is 2.14 bits per heavy atom. The Morgan fingerprint density at radius 1 is 1.43 bits per heavy atom. The highest BCUT2D eigenvalue weighted by Gasteiger charge is 1.99. The summed E-state index contributed by atoms with van der Waals surface area (Å²) in [5.74, 6) is -0.105. The van der Waals surface area contributed by atoms with Crippen molar-refractivity contribution in [2.24, 2.45) is 0 Å². The summed E-state index contributed by atoms with van der Waals surface area (Å²) in [5, 5.41) is 8.47. The van der Waals surface area contributed by atoms with Gasteiger partial charge in [-0.2, -0.15) is 0 Å². The van der Waals surface area contributed by atoms with Gasteiger partial charge in [-0.15, -0.1) is 23.5 Å². The summed E-state index contributed by atoms with van der Waals surface area (Å²) in [6.45, 7) is 0. The number of carbonyl (C=O) groups is 1. The van der Waals surface area contributed by atoms with E-state index in [1.165, 1.54) is 4.90 Å². The second-order valence-corrected chi connectivity index (χ2v) is 4.72. The molecular formula is C10H12O2S2. The van der Waals surface area contributed by atoms with Gasteiger partial charge in [-0.05, 0) is 24.5 Å². The minimum atomic E-state index is -0.737. The average Bonchev–Trinajstić information content (AvgIpc) is 2.18. The third-order valence-corrected chi connectivity index (χ3v) is 3.35. The van der Waals surface area contributed by atoms with Gasteiger partial charge in [0.2, 0.25) is 0 Å². The molecule has 0 saturated heterocycles. The number of aliphatic carboxylic acids is 1. The SMILES string of the molecule is CSc1cccc(SCCC(=O)O)c1. The van der Waals surface area contributed by atoms with Crippen LogP contribution in [0.25, 0.3) is 0 Å². The van der Waals surface area contributed by atoms with Crippen molar-refractivity contribution < 1.29 is 9.90 Å². The molecule has 0 atom stereocenters. The maximum Gasteiger partial charge on any atom is 0.304 e. The largest absolute Gasteiger partial charge is 0.481 e. The lowest BCUT2D eigenvalue weighted by atomic mass is 10.4. The number of benzene rings is 1. The second kappa shape index (κ2) is 5.98. The molecule has 0 spiro atoms. The fraction of sp³-hybridized carbons (Fsp3) is 0.300. The predicted octanol–water partition coefficient (Wildman–Crippen LogP) is 2.98. The average molecular weight is 228 g/mol. The van der Waals surface area contributed by atoms with Gasteiger partial charge in [0.05, 0.1) is 6.42 Å². The molecule has 0 aliphatic heterocycles. The van der Waals surface area contributed by atoms with Gasteiger partial charge >= 0.3 is 5.97 Å². The molecular weight excluding hydrogens is 216 g/mol. The van der Waals surface area contributed by atoms with Crippen molar-refractivity contribution in [3.05, 3.63) is 24.3 Å². The number of carboxylic acids is 1. The number of rotatable bonds is 5. The molecule has 1 aromatic rings. The lowest BCUT2D eigenvalue weighted by molar-refractivity contribution is -0.136. The minimum Gasteiger partial charge on any atom is -0.481 e. The Kier molecular flexibility index (Phi) is 4.90. The van der Waals surface area contributed by atoms with Crippen LogP contribution in [-0.2, 0) is 4.79 Å². The van der Waals surface area contributed by atoms with Gasteiger partial charge < -0.3 is 5.11 Å². The topological polar surface area (TPSA) is 37.3 Å². The highest BCUT2D eigenvalue weighted by molar-refractivity contribution is 7.99. The van der Waals surface area contributed by atoms with E-state index in [1.54, 1.807) is 23.5 Å². The van der Waals surface area contributed by atoms with Gasteiger partial charge in [-0.1, -0.05) is 6.07 Å². The molecule has 1 aromatic carbocycles. The van der Waals surface area contributed by atoms with E-state index in [1.807, 2.05) is 24.5 Å². The van der Waals surface area contributed by atoms with Gasteiger partial charge in [0.1, 0.15) is 0 Å². The number of hydrogen-bond donors (Lipinski definition) is 1. The van der Waals surface area contributed by atoms with E-state index in [9.17, 15) is 4.79 Å². The van der Waals surface area contributed by atoms with Crippen LogP contribution in [0.5, 0.6) is 0 Å². The Balaban J connectivity index is 2.46. The Hall–Kier alpha value is -0.610. The quantitative estimate of drug-likeness (QED) is 0.786. The second-order valence-electron chi connectivity index (χ2n) is 2.67. The van der Waals surface area contributed by atoms with Crippen LogP contribution in [0.4, 0.5) is 0 Å². The van der Waals surface area contributed by atoms with Crippen molar-refractivity contribution in [2.75, 3.05) is 12.0 Å². The van der Waals surface area contributed by atoms with Crippen LogP contribution < -0.4 is 0 Å². The van der Waals surface area contributed by atoms with Crippen molar-refractivity contribution in [3.63, 3.8) is 0 Å². The molecule has 0 aliphatic carbocycles. The molecule has 1 N–H and O–H groups in total. The Labute approximate surface area is 92.1 Å². The lowest BCUT2D eigenvalue weighted by Gasteiger charge is -2.01. The molecule has 0 fully saturated rings. The van der Waals surface area contributed by atoms with Crippen LogP contribution in [0.1, 0.15) is 6.42 Å². The van der Waals surface area contributed by atoms with Gasteiger partial charge in [0.15, 0.2) is 0 Å². The number of hydrogen-bond acceptors (Lipinski definition) is 3. The van der Waals surface area contributed by atoms with Gasteiger partial charge in [0, 0.05) is 15.5 Å². The summed E-state index contributed by atoms with van der Waals surface area (Å²) in [6.07, 6.45) is 2.25. The number of carboxylic acid groups (broad SMARTS) is 1. The van der Waals surface area contributed by atoms with Gasteiger partial charge in [0.25, 0.3) is 0 Å². The van der Waals surface area contributed by atoms with Crippen molar-refractivity contribution in [3.8, 4) is 0 Å². The molecule has 0 amide bonds. The third-order valence-electron chi connectivity index (χ3n) is 1.63. The molecule has 76 valence electrons. The predicted molar refractivity (Wildman–Crippen MR) is 61.2 cm³/mol. The first-order valence-electron chi connectivity index (χ1n) is 4.21. The summed E-state index contributed by atoms with van der Waals surface area (Å²) in [4.78, 5) is 12.6. The van der Waals surface area contributed by atoms with Crippen LogP contribution >= 0.6 is 23.5 Å². The van der Waals surface area contributed by atoms with E-state index < -0.39 is 5.97 Å². The van der Waals surface area contributed by atoms with Crippen LogP contribution in [-0.4, -0.2) is 23.1 Å². The molecule has 0 heterocycles. The summed E-state index contributed by atoms with van der Waals surface area (Å²) in [6, 6.07) is 8.13. The summed E-state index contributed by atoms with van der Waals surface area (Å²) in [5.41, 5.74) is 0. The molecule has 0 aliphatic rings. The highest BCUT2D eigenvalue weighted by atomic mass is 32.2. The van der Waals surface area contributed by atoms with E-state index in [0.717, 1.165) is 4.90 Å². The molecule has 0 saturated carbocycles. The van der Waals surface area contributed by atoms with Gasteiger partial charge in [-0.3, -0.25) is 4.79 Å². The minimum absolute atomic E-state index is 0.216. The molecule has 0 bridgehead atoms. The van der Waals surface area contributed by atoms with Crippen molar-refractivity contribution in [1.29, 1.82) is 0 Å². The smallest absolute Gasteiger partial charge is 0.304 e. The summed E-state index contributed by atoms with van der Waals surface area (Å²) >= 11 is 3.28. The van der Waals surface area contributed by atoms with Crippen LogP contribution in [0.2, 0.25) is 0 Å². The van der Waals surface area contributed by atoms with E-state index in [-0.39, 0.29) is 6.42 Å². The zero-order valence-corrected chi connectivity index (χ0v) is 9.53.